The van der Waals surface area contributed by atoms with Crippen LogP contribution in [0.1, 0.15) is 51.9 Å². The number of nitrogens with one attached hydrogen (secondary N) is 2. The van der Waals surface area contributed by atoms with Crippen LogP contribution in [0.5, 0.6) is 0 Å². The van der Waals surface area contributed by atoms with Crippen molar-refractivity contribution in [1.82, 2.24) is 20.2 Å². The smallest absolute Gasteiger partial charge is 0.237 e. The molecule has 0 spiro atoms. The first-order valence-corrected chi connectivity index (χ1v) is 8.25. The quantitative estimate of drug-likeness (QED) is 0.721. The van der Waals surface area contributed by atoms with E-state index in [2.05, 4.69) is 20.2 Å². The SMILES string of the molecule is CC(NCCCCn1ccnc1)C(=O)NC1CCCCC1. The lowest BCUT2D eigenvalue weighted by molar-refractivity contribution is -0.123. The first-order valence-electron chi connectivity index (χ1n) is 8.25. The average Bonchev–Trinajstić information content (AvgIpc) is 3.01. The highest BCUT2D eigenvalue weighted by Crippen LogP contribution is 2.17. The molecule has 1 amide bonds. The highest BCUT2D eigenvalue weighted by atomic mass is 16.2. The van der Waals surface area contributed by atoms with E-state index < -0.39 is 0 Å². The molecule has 1 aliphatic carbocycles. The minimum atomic E-state index is -0.0971. The van der Waals surface area contributed by atoms with Crippen LogP contribution >= 0.6 is 0 Å². The molecule has 21 heavy (non-hydrogen) atoms. The first-order chi connectivity index (χ1) is 10.3. The molecule has 0 bridgehead atoms. The highest BCUT2D eigenvalue weighted by molar-refractivity contribution is 5.81. The first kappa shape index (κ1) is 16.0. The Balaban J connectivity index is 1.53. The van der Waals surface area contributed by atoms with Gasteiger partial charge in [0.1, 0.15) is 0 Å². The van der Waals surface area contributed by atoms with Gasteiger partial charge in [0.15, 0.2) is 0 Å². The summed E-state index contributed by atoms with van der Waals surface area (Å²) in [5.74, 6) is 0.150. The fourth-order valence-corrected chi connectivity index (χ4v) is 2.82. The summed E-state index contributed by atoms with van der Waals surface area (Å²) in [5.41, 5.74) is 0. The maximum atomic E-state index is 12.1. The van der Waals surface area contributed by atoms with E-state index in [1.807, 2.05) is 19.4 Å². The van der Waals surface area contributed by atoms with Crippen molar-refractivity contribution < 1.29 is 4.79 Å². The highest BCUT2D eigenvalue weighted by Gasteiger charge is 2.18. The van der Waals surface area contributed by atoms with E-state index >= 15 is 0 Å². The summed E-state index contributed by atoms with van der Waals surface area (Å²) >= 11 is 0. The van der Waals surface area contributed by atoms with Crippen molar-refractivity contribution in [3.8, 4) is 0 Å². The second kappa shape index (κ2) is 8.82. The van der Waals surface area contributed by atoms with Crippen LogP contribution in [0.25, 0.3) is 0 Å². The third-order valence-electron chi connectivity index (χ3n) is 4.20. The van der Waals surface area contributed by atoms with Crippen molar-refractivity contribution in [2.24, 2.45) is 0 Å². The summed E-state index contributed by atoms with van der Waals surface area (Å²) in [6, 6.07) is 0.303. The summed E-state index contributed by atoms with van der Waals surface area (Å²) in [5, 5.41) is 6.48. The number of amides is 1. The number of carbonyl (C=O) groups is 1. The van der Waals surface area contributed by atoms with E-state index in [4.69, 9.17) is 0 Å². The van der Waals surface area contributed by atoms with Crippen molar-refractivity contribution in [2.45, 2.75) is 70.5 Å². The van der Waals surface area contributed by atoms with Crippen molar-refractivity contribution in [2.75, 3.05) is 6.54 Å². The maximum absolute atomic E-state index is 12.1. The normalized spacial score (nSPS) is 17.6. The Morgan fingerprint density at radius 1 is 1.33 bits per heavy atom. The molecule has 0 radical (unpaired) electrons. The van der Waals surface area contributed by atoms with Gasteiger partial charge in [-0.1, -0.05) is 19.3 Å². The van der Waals surface area contributed by atoms with Crippen LogP contribution in [-0.2, 0) is 11.3 Å². The standard InChI is InChI=1S/C16H28N4O/c1-14(16(21)19-15-7-3-2-4-8-15)18-9-5-6-11-20-12-10-17-13-20/h10,12-15,18H,2-9,11H2,1H3,(H,19,21). The molecule has 118 valence electrons. The van der Waals surface area contributed by atoms with Crippen molar-refractivity contribution >= 4 is 5.91 Å². The van der Waals surface area contributed by atoms with Gasteiger partial charge in [-0.2, -0.15) is 0 Å². The van der Waals surface area contributed by atoms with Crippen molar-refractivity contribution in [3.63, 3.8) is 0 Å². The van der Waals surface area contributed by atoms with E-state index in [0.29, 0.717) is 6.04 Å². The van der Waals surface area contributed by atoms with Gasteiger partial charge in [0.25, 0.3) is 0 Å². The topological polar surface area (TPSA) is 59.0 Å². The fourth-order valence-electron chi connectivity index (χ4n) is 2.82. The van der Waals surface area contributed by atoms with Crippen LogP contribution in [-0.4, -0.2) is 34.1 Å². The van der Waals surface area contributed by atoms with Gasteiger partial charge in [-0.05, 0) is 39.2 Å². The van der Waals surface area contributed by atoms with Crippen LogP contribution in [0.2, 0.25) is 0 Å². The lowest BCUT2D eigenvalue weighted by Gasteiger charge is -2.24. The van der Waals surface area contributed by atoms with Gasteiger partial charge < -0.3 is 15.2 Å². The molecule has 1 unspecified atom stereocenters. The second-order valence-electron chi connectivity index (χ2n) is 6.03. The van der Waals surface area contributed by atoms with Gasteiger partial charge in [-0.3, -0.25) is 4.79 Å². The zero-order chi connectivity index (χ0) is 14.9. The summed E-state index contributed by atoms with van der Waals surface area (Å²) in [6.07, 6.45) is 13.9. The summed E-state index contributed by atoms with van der Waals surface area (Å²) in [6.45, 7) is 3.83. The summed E-state index contributed by atoms with van der Waals surface area (Å²) in [4.78, 5) is 16.1. The number of hydrogen-bond donors (Lipinski definition) is 2. The van der Waals surface area contributed by atoms with E-state index in [9.17, 15) is 4.79 Å². The maximum Gasteiger partial charge on any atom is 0.237 e. The van der Waals surface area contributed by atoms with Gasteiger partial charge in [0.05, 0.1) is 12.4 Å². The number of hydrogen-bond acceptors (Lipinski definition) is 3. The molecule has 2 rings (SSSR count). The molecule has 5 heteroatoms. The number of carbonyl (C=O) groups excluding carboxylic acids is 1. The Hall–Kier alpha value is -1.36. The van der Waals surface area contributed by atoms with Gasteiger partial charge in [-0.25, -0.2) is 4.98 Å². The molecular weight excluding hydrogens is 264 g/mol. The van der Waals surface area contributed by atoms with Crippen LogP contribution < -0.4 is 10.6 Å². The molecule has 0 aromatic carbocycles. The number of aromatic nitrogens is 2. The zero-order valence-electron chi connectivity index (χ0n) is 13.1. The predicted octanol–water partition coefficient (Wildman–Crippen LogP) is 2.09. The molecule has 1 fully saturated rings. The van der Waals surface area contributed by atoms with Crippen LogP contribution in [0.4, 0.5) is 0 Å². The van der Waals surface area contributed by atoms with Gasteiger partial charge in [0.2, 0.25) is 5.91 Å². The van der Waals surface area contributed by atoms with E-state index in [1.165, 1.54) is 19.3 Å². The van der Waals surface area contributed by atoms with Gasteiger partial charge in [0, 0.05) is 25.0 Å². The van der Waals surface area contributed by atoms with Crippen molar-refractivity contribution in [3.05, 3.63) is 18.7 Å². The Morgan fingerprint density at radius 2 is 2.14 bits per heavy atom. The lowest BCUT2D eigenvalue weighted by Crippen LogP contribution is -2.47. The molecule has 2 N–H and O–H groups in total. The zero-order valence-corrected chi connectivity index (χ0v) is 13.1. The Kier molecular flexibility index (Phi) is 6.73. The molecular formula is C16H28N4O. The second-order valence-corrected chi connectivity index (χ2v) is 6.03. The lowest BCUT2D eigenvalue weighted by atomic mass is 9.95. The number of rotatable bonds is 8. The van der Waals surface area contributed by atoms with E-state index in [1.54, 1.807) is 6.20 Å². The van der Waals surface area contributed by atoms with E-state index in [-0.39, 0.29) is 11.9 Å². The minimum absolute atomic E-state index is 0.0971. The molecule has 1 aromatic heterocycles. The predicted molar refractivity (Wildman–Crippen MR) is 83.9 cm³/mol. The monoisotopic (exact) mass is 292 g/mol. The Morgan fingerprint density at radius 3 is 2.86 bits per heavy atom. The molecule has 1 aromatic rings. The van der Waals surface area contributed by atoms with Crippen LogP contribution in [0, 0.1) is 0 Å². The van der Waals surface area contributed by atoms with Crippen LogP contribution in [0.3, 0.4) is 0 Å². The molecule has 1 heterocycles. The minimum Gasteiger partial charge on any atom is -0.352 e. The third-order valence-corrected chi connectivity index (χ3v) is 4.20. The average molecular weight is 292 g/mol. The number of aryl methyl sites for hydroxylation is 1. The number of nitrogens with zero attached hydrogens (tertiary/aromatic N) is 2. The third kappa shape index (κ3) is 5.87. The fraction of sp³-hybridized carbons (Fsp3) is 0.750. The Bertz CT molecular complexity index is 398. The van der Waals surface area contributed by atoms with Gasteiger partial charge >= 0.3 is 0 Å². The molecule has 1 atom stereocenters. The van der Waals surface area contributed by atoms with Crippen molar-refractivity contribution in [1.29, 1.82) is 0 Å². The van der Waals surface area contributed by atoms with E-state index in [0.717, 1.165) is 38.8 Å². The number of imidazole rings is 1. The number of unbranched alkanes of at least 4 members (excludes halogenated alkanes) is 1. The molecule has 1 aliphatic rings. The Labute approximate surface area is 127 Å². The molecule has 1 saturated carbocycles. The molecule has 0 aliphatic heterocycles. The molecule has 5 nitrogen and oxygen atoms in total. The van der Waals surface area contributed by atoms with Crippen LogP contribution in [0.15, 0.2) is 18.7 Å². The van der Waals surface area contributed by atoms with Gasteiger partial charge in [-0.15, -0.1) is 0 Å². The molecule has 0 saturated heterocycles. The summed E-state index contributed by atoms with van der Waals surface area (Å²) in [7, 11) is 0. The largest absolute Gasteiger partial charge is 0.352 e. The summed E-state index contributed by atoms with van der Waals surface area (Å²) < 4.78 is 2.08.